The van der Waals surface area contributed by atoms with Gasteiger partial charge in [0.05, 0.1) is 24.1 Å². The van der Waals surface area contributed by atoms with Gasteiger partial charge in [-0.05, 0) is 27.7 Å². The van der Waals surface area contributed by atoms with Gasteiger partial charge in [-0.3, -0.25) is 24.7 Å². The minimum absolute atomic E-state index is 0.0188. The fourth-order valence-corrected chi connectivity index (χ4v) is 2.68. The minimum atomic E-state index is -0.752. The van der Waals surface area contributed by atoms with E-state index in [9.17, 15) is 14.4 Å². The maximum Gasteiger partial charge on any atom is 0.302 e. The van der Waals surface area contributed by atoms with E-state index in [1.165, 1.54) is 20.0 Å². The summed E-state index contributed by atoms with van der Waals surface area (Å²) in [4.78, 5) is 50.1. The molecule has 2 rings (SSSR count). The van der Waals surface area contributed by atoms with Crippen LogP contribution in [-0.2, 0) is 23.8 Å². The molecule has 30 heavy (non-hydrogen) atoms. The van der Waals surface area contributed by atoms with Crippen molar-refractivity contribution in [3.05, 3.63) is 22.2 Å². The third kappa shape index (κ3) is 6.56. The molecule has 1 amide bonds. The van der Waals surface area contributed by atoms with E-state index >= 15 is 0 Å². The second-order valence-corrected chi connectivity index (χ2v) is 7.19. The number of amides is 1. The number of nitrogens with one attached hydrogen (secondary N) is 2. The maximum absolute atomic E-state index is 12.4. The molecule has 0 spiro atoms. The zero-order valence-corrected chi connectivity index (χ0v) is 17.9. The first-order chi connectivity index (χ1) is 14.1. The van der Waals surface area contributed by atoms with Crippen LogP contribution in [0.1, 0.15) is 53.3 Å². The second kappa shape index (κ2) is 10.2. The number of anilines is 1. The molecule has 0 aliphatic carbocycles. The molecule has 0 radical (unpaired) electrons. The minimum Gasteiger partial charge on any atom is -0.463 e. The fourth-order valence-electron chi connectivity index (χ4n) is 2.68. The van der Waals surface area contributed by atoms with E-state index in [-0.39, 0.29) is 41.8 Å². The normalized spacial score (nSPS) is 13.5. The quantitative estimate of drug-likeness (QED) is 0.575. The first-order valence-electron chi connectivity index (χ1n) is 9.55. The van der Waals surface area contributed by atoms with Gasteiger partial charge in [0.25, 0.3) is 5.56 Å². The van der Waals surface area contributed by atoms with Crippen molar-refractivity contribution in [2.45, 2.75) is 66.0 Å². The van der Waals surface area contributed by atoms with E-state index in [0.717, 1.165) is 0 Å². The molecule has 0 aliphatic rings. The highest BCUT2D eigenvalue weighted by molar-refractivity contribution is 5.87. The number of hydrogen-bond acceptors (Lipinski definition) is 9. The van der Waals surface area contributed by atoms with Crippen LogP contribution in [0.3, 0.4) is 0 Å². The fraction of sp³-hybridized carbons (Fsp3) is 0.579. The van der Waals surface area contributed by atoms with Gasteiger partial charge < -0.3 is 14.2 Å². The highest BCUT2D eigenvalue weighted by Gasteiger charge is 2.30. The van der Waals surface area contributed by atoms with Crippen LogP contribution in [0.5, 0.6) is 0 Å². The Balaban J connectivity index is 2.48. The van der Waals surface area contributed by atoms with Crippen LogP contribution in [0.25, 0.3) is 11.2 Å². The lowest BCUT2D eigenvalue weighted by atomic mass is 10.1. The summed E-state index contributed by atoms with van der Waals surface area (Å²) >= 11 is 0. The van der Waals surface area contributed by atoms with E-state index in [1.54, 1.807) is 0 Å². The first kappa shape index (κ1) is 23.4. The molecule has 164 valence electrons. The van der Waals surface area contributed by atoms with Crippen molar-refractivity contribution in [3.63, 3.8) is 0 Å². The topological polar surface area (TPSA) is 145 Å². The van der Waals surface area contributed by atoms with E-state index in [4.69, 9.17) is 14.2 Å². The molecule has 2 N–H and O–H groups in total. The Hall–Kier alpha value is -2.92. The smallest absolute Gasteiger partial charge is 0.302 e. The van der Waals surface area contributed by atoms with Gasteiger partial charge in [0.2, 0.25) is 11.9 Å². The number of carbonyl (C=O) groups excluding carboxylic acids is 2. The molecular formula is C19H27N5O6. The largest absolute Gasteiger partial charge is 0.463 e. The number of nitrogens with zero attached hydrogens (tertiary/aromatic N) is 3. The predicted molar refractivity (Wildman–Crippen MR) is 108 cm³/mol. The summed E-state index contributed by atoms with van der Waals surface area (Å²) in [6.07, 6.45) is -0.389. The molecule has 2 aromatic heterocycles. The predicted octanol–water partition coefficient (Wildman–Crippen LogP) is 1.49. The summed E-state index contributed by atoms with van der Waals surface area (Å²) in [5.41, 5.74) is -0.193. The van der Waals surface area contributed by atoms with Crippen LogP contribution in [0.2, 0.25) is 0 Å². The number of fused-ring (bicyclic) bond motifs is 1. The second-order valence-electron chi connectivity index (χ2n) is 7.19. The number of aromatic amines is 1. The maximum atomic E-state index is 12.4. The van der Waals surface area contributed by atoms with Crippen LogP contribution < -0.4 is 10.9 Å². The van der Waals surface area contributed by atoms with Crippen LogP contribution in [0, 0.1) is 0 Å². The molecular weight excluding hydrogens is 394 g/mol. The summed E-state index contributed by atoms with van der Waals surface area (Å²) in [6.45, 7) is 9.92. The van der Waals surface area contributed by atoms with Crippen LogP contribution >= 0.6 is 0 Å². The van der Waals surface area contributed by atoms with Crippen molar-refractivity contribution in [1.82, 2.24) is 19.9 Å². The van der Waals surface area contributed by atoms with Crippen LogP contribution in [0.15, 0.2) is 11.0 Å². The van der Waals surface area contributed by atoms with Crippen LogP contribution in [0.4, 0.5) is 5.95 Å². The van der Waals surface area contributed by atoms with Gasteiger partial charge in [0.1, 0.15) is 18.8 Å². The van der Waals surface area contributed by atoms with Crippen molar-refractivity contribution in [3.8, 4) is 0 Å². The summed E-state index contributed by atoms with van der Waals surface area (Å²) < 4.78 is 17.0. The molecule has 2 aromatic rings. The molecule has 0 aromatic carbocycles. The third-order valence-electron chi connectivity index (χ3n) is 3.68. The number of aromatic nitrogens is 4. The van der Waals surface area contributed by atoms with E-state index in [1.807, 2.05) is 27.7 Å². The Kier molecular flexibility index (Phi) is 7.95. The van der Waals surface area contributed by atoms with E-state index < -0.39 is 23.7 Å². The average Bonchev–Trinajstić information content (AvgIpc) is 2.62. The van der Waals surface area contributed by atoms with E-state index in [2.05, 4.69) is 25.3 Å². The van der Waals surface area contributed by atoms with Gasteiger partial charge >= 0.3 is 5.97 Å². The van der Waals surface area contributed by atoms with Crippen molar-refractivity contribution < 1.29 is 23.8 Å². The van der Waals surface area contributed by atoms with Gasteiger partial charge in [0, 0.05) is 13.8 Å². The zero-order valence-electron chi connectivity index (χ0n) is 17.9. The molecule has 2 heterocycles. The Morgan fingerprint density at radius 2 is 1.77 bits per heavy atom. The SMILES string of the molecule is CC(=O)Nc1nc2ncc([C@H](OC(C)C)[C@@H](COC(C)=O)OC(C)C)nc2c(=O)[nH]1. The lowest BCUT2D eigenvalue weighted by Gasteiger charge is -2.29. The highest BCUT2D eigenvalue weighted by atomic mass is 16.6. The number of esters is 1. The Labute approximate surface area is 173 Å². The summed E-state index contributed by atoms with van der Waals surface area (Å²) in [5, 5.41) is 2.40. The summed E-state index contributed by atoms with van der Waals surface area (Å²) in [7, 11) is 0. The van der Waals surface area contributed by atoms with Gasteiger partial charge in [-0.25, -0.2) is 9.97 Å². The summed E-state index contributed by atoms with van der Waals surface area (Å²) in [6, 6.07) is 0. The molecule has 0 saturated carbocycles. The third-order valence-corrected chi connectivity index (χ3v) is 3.68. The zero-order chi connectivity index (χ0) is 22.4. The van der Waals surface area contributed by atoms with Crippen molar-refractivity contribution in [2.24, 2.45) is 0 Å². The monoisotopic (exact) mass is 421 g/mol. The Morgan fingerprint density at radius 1 is 1.10 bits per heavy atom. The molecule has 0 fully saturated rings. The Morgan fingerprint density at radius 3 is 2.33 bits per heavy atom. The molecule has 0 bridgehead atoms. The van der Waals surface area contributed by atoms with Gasteiger partial charge in [-0.2, -0.15) is 4.98 Å². The number of carbonyl (C=O) groups is 2. The highest BCUT2D eigenvalue weighted by Crippen LogP contribution is 2.25. The molecule has 11 heteroatoms. The van der Waals surface area contributed by atoms with Crippen molar-refractivity contribution >= 4 is 29.0 Å². The molecule has 0 unspecified atom stereocenters. The van der Waals surface area contributed by atoms with E-state index in [0.29, 0.717) is 5.69 Å². The van der Waals surface area contributed by atoms with Gasteiger partial charge in [-0.15, -0.1) is 0 Å². The average molecular weight is 421 g/mol. The lowest BCUT2D eigenvalue weighted by Crippen LogP contribution is -2.34. The summed E-state index contributed by atoms with van der Waals surface area (Å²) in [5.74, 6) is -0.856. The molecule has 2 atom stereocenters. The first-order valence-corrected chi connectivity index (χ1v) is 9.55. The molecule has 11 nitrogen and oxygen atoms in total. The van der Waals surface area contributed by atoms with Crippen LogP contribution in [-0.4, -0.2) is 56.7 Å². The molecule has 0 aliphatic heterocycles. The molecule has 0 saturated heterocycles. The lowest BCUT2D eigenvalue weighted by molar-refractivity contribution is -0.160. The van der Waals surface area contributed by atoms with Crippen molar-refractivity contribution in [1.29, 1.82) is 0 Å². The van der Waals surface area contributed by atoms with Gasteiger partial charge in [0.15, 0.2) is 11.2 Å². The number of H-pyrrole nitrogens is 1. The number of hydrogen-bond donors (Lipinski definition) is 2. The van der Waals surface area contributed by atoms with Gasteiger partial charge in [-0.1, -0.05) is 0 Å². The number of ether oxygens (including phenoxy) is 3. The standard InChI is InChI=1S/C19H27N5O6/c1-9(2)29-14(8-28-12(6)26)16(30-10(3)4)13-7-20-17-15(22-13)18(27)24-19(23-17)21-11(5)25/h7,9-10,14,16H,8H2,1-6H3,(H2,20,21,23,24,25,27)/t14-,16+/m1/s1. The Bertz CT molecular complexity index is 958. The van der Waals surface area contributed by atoms with Crippen molar-refractivity contribution in [2.75, 3.05) is 11.9 Å². The number of rotatable bonds is 9.